The van der Waals surface area contributed by atoms with E-state index in [1.54, 1.807) is 0 Å². The summed E-state index contributed by atoms with van der Waals surface area (Å²) in [4.78, 5) is 16.7. The zero-order chi connectivity index (χ0) is 14.3. The van der Waals surface area contributed by atoms with Crippen molar-refractivity contribution in [1.29, 1.82) is 0 Å². The maximum absolute atomic E-state index is 12.7. The lowest BCUT2D eigenvalue weighted by atomic mass is 9.98. The first-order valence-electron chi connectivity index (χ1n) is 7.34. The van der Waals surface area contributed by atoms with Gasteiger partial charge >= 0.3 is 0 Å². The van der Waals surface area contributed by atoms with Gasteiger partial charge < -0.3 is 14.9 Å². The number of fused-ring (bicyclic) bond motifs is 2. The molecule has 2 fully saturated rings. The molecule has 0 spiro atoms. The fourth-order valence-corrected chi connectivity index (χ4v) is 3.53. The average Bonchev–Trinajstić information content (AvgIpc) is 2.70. The largest absolute Gasteiger partial charge is 0.393 e. The van der Waals surface area contributed by atoms with Crippen LogP contribution in [0.3, 0.4) is 0 Å². The van der Waals surface area contributed by atoms with E-state index in [4.69, 9.17) is 0 Å². The van der Waals surface area contributed by atoms with Gasteiger partial charge in [-0.25, -0.2) is 0 Å². The molecule has 108 valence electrons. The molecule has 0 aliphatic carbocycles. The first-order valence-corrected chi connectivity index (χ1v) is 7.34. The van der Waals surface area contributed by atoms with Crippen LogP contribution < -0.4 is 4.90 Å². The van der Waals surface area contributed by atoms with Gasteiger partial charge in [-0.3, -0.25) is 4.79 Å². The van der Waals surface area contributed by atoms with Crippen LogP contribution in [0.25, 0.3) is 0 Å². The molecule has 1 N–H and O–H groups in total. The monoisotopic (exact) mass is 274 g/mol. The highest BCUT2D eigenvalue weighted by Gasteiger charge is 2.42. The molecule has 2 heterocycles. The molecule has 2 unspecified atom stereocenters. The third kappa shape index (κ3) is 2.29. The van der Waals surface area contributed by atoms with Gasteiger partial charge in [0.05, 0.1) is 6.10 Å². The van der Waals surface area contributed by atoms with E-state index in [0.717, 1.165) is 36.9 Å². The van der Waals surface area contributed by atoms with E-state index in [0.29, 0.717) is 0 Å². The minimum Gasteiger partial charge on any atom is -0.393 e. The fraction of sp³-hybridized carbons (Fsp3) is 0.562. The van der Waals surface area contributed by atoms with E-state index in [1.807, 2.05) is 48.2 Å². The van der Waals surface area contributed by atoms with E-state index >= 15 is 0 Å². The van der Waals surface area contributed by atoms with Gasteiger partial charge in [-0.1, -0.05) is 0 Å². The highest BCUT2D eigenvalue weighted by Crippen LogP contribution is 2.36. The van der Waals surface area contributed by atoms with Crippen LogP contribution in [0.15, 0.2) is 24.3 Å². The van der Waals surface area contributed by atoms with Gasteiger partial charge in [0.25, 0.3) is 5.91 Å². The number of benzene rings is 1. The van der Waals surface area contributed by atoms with Gasteiger partial charge in [-0.2, -0.15) is 0 Å². The molecular formula is C16H22N2O2. The number of amides is 1. The molecule has 4 heteroatoms. The van der Waals surface area contributed by atoms with Gasteiger partial charge in [0.1, 0.15) is 0 Å². The summed E-state index contributed by atoms with van der Waals surface area (Å²) in [5.41, 5.74) is 1.85. The number of aliphatic hydroxyl groups excluding tert-OH is 1. The highest BCUT2D eigenvalue weighted by molar-refractivity contribution is 5.95. The van der Waals surface area contributed by atoms with E-state index in [-0.39, 0.29) is 24.1 Å². The molecule has 4 nitrogen and oxygen atoms in total. The van der Waals surface area contributed by atoms with Gasteiger partial charge in [0.15, 0.2) is 0 Å². The second-order valence-electron chi connectivity index (χ2n) is 6.16. The fourth-order valence-electron chi connectivity index (χ4n) is 3.53. The molecule has 0 saturated carbocycles. The molecule has 2 atom stereocenters. The second kappa shape index (κ2) is 5.09. The number of hydrogen-bond donors (Lipinski definition) is 1. The van der Waals surface area contributed by atoms with E-state index in [1.165, 1.54) is 0 Å². The predicted octanol–water partition coefficient (Wildman–Crippen LogP) is 1.88. The summed E-state index contributed by atoms with van der Waals surface area (Å²) < 4.78 is 0. The Hall–Kier alpha value is -1.55. The van der Waals surface area contributed by atoms with Crippen molar-refractivity contribution in [3.63, 3.8) is 0 Å². The van der Waals surface area contributed by atoms with Crippen molar-refractivity contribution < 1.29 is 9.90 Å². The quantitative estimate of drug-likeness (QED) is 0.895. The summed E-state index contributed by atoms with van der Waals surface area (Å²) in [5.74, 6) is 0.120. The summed E-state index contributed by atoms with van der Waals surface area (Å²) in [6, 6.07) is 8.22. The summed E-state index contributed by atoms with van der Waals surface area (Å²) in [5, 5.41) is 9.81. The Morgan fingerprint density at radius 1 is 1.15 bits per heavy atom. The summed E-state index contributed by atoms with van der Waals surface area (Å²) in [6.45, 7) is 0. The minimum atomic E-state index is -0.229. The molecule has 0 aromatic heterocycles. The maximum atomic E-state index is 12.7. The summed E-state index contributed by atoms with van der Waals surface area (Å²) >= 11 is 0. The molecule has 1 amide bonds. The molecule has 2 bridgehead atoms. The number of piperidine rings is 1. The van der Waals surface area contributed by atoms with Crippen LogP contribution in [-0.2, 0) is 0 Å². The zero-order valence-corrected chi connectivity index (χ0v) is 12.1. The maximum Gasteiger partial charge on any atom is 0.254 e. The molecule has 3 rings (SSSR count). The van der Waals surface area contributed by atoms with Crippen molar-refractivity contribution in [3.05, 3.63) is 29.8 Å². The molecule has 2 aliphatic heterocycles. The number of hydrogen-bond acceptors (Lipinski definition) is 3. The van der Waals surface area contributed by atoms with Crippen LogP contribution in [0, 0.1) is 0 Å². The smallest absolute Gasteiger partial charge is 0.254 e. The van der Waals surface area contributed by atoms with E-state index < -0.39 is 0 Å². The number of nitrogens with zero attached hydrogens (tertiary/aromatic N) is 2. The zero-order valence-electron chi connectivity index (χ0n) is 12.1. The number of anilines is 1. The number of carbonyl (C=O) groups is 1. The number of carbonyl (C=O) groups excluding carboxylic acids is 1. The normalized spacial score (nSPS) is 28.6. The van der Waals surface area contributed by atoms with E-state index in [9.17, 15) is 9.90 Å². The van der Waals surface area contributed by atoms with Crippen molar-refractivity contribution in [2.45, 2.75) is 43.9 Å². The molecule has 20 heavy (non-hydrogen) atoms. The van der Waals surface area contributed by atoms with Gasteiger partial charge in [-0.15, -0.1) is 0 Å². The van der Waals surface area contributed by atoms with Gasteiger partial charge in [-0.05, 0) is 49.9 Å². The predicted molar refractivity (Wildman–Crippen MR) is 79.0 cm³/mol. The van der Waals surface area contributed by atoms with Crippen LogP contribution in [0.1, 0.15) is 36.0 Å². The third-order valence-electron chi connectivity index (χ3n) is 4.57. The number of rotatable bonds is 2. The molecular weight excluding hydrogens is 252 g/mol. The third-order valence-corrected chi connectivity index (χ3v) is 4.57. The average molecular weight is 274 g/mol. The Bertz CT molecular complexity index is 484. The molecule has 2 saturated heterocycles. The molecule has 1 aromatic carbocycles. The Kier molecular flexibility index (Phi) is 3.42. The Morgan fingerprint density at radius 2 is 1.70 bits per heavy atom. The lowest BCUT2D eigenvalue weighted by Gasteiger charge is -2.37. The van der Waals surface area contributed by atoms with Crippen molar-refractivity contribution in [2.75, 3.05) is 19.0 Å². The highest BCUT2D eigenvalue weighted by atomic mass is 16.3. The lowest BCUT2D eigenvalue weighted by Crippen LogP contribution is -2.48. The van der Waals surface area contributed by atoms with Crippen LogP contribution >= 0.6 is 0 Å². The van der Waals surface area contributed by atoms with Crippen LogP contribution in [-0.4, -0.2) is 48.2 Å². The molecule has 2 aliphatic rings. The standard InChI is InChI=1S/C16H22N2O2/c1-17(2)12-5-3-11(4-6-12)16(20)18-13-7-8-14(18)10-15(19)9-13/h3-6,13-15,19H,7-10H2,1-2H3. The Balaban J connectivity index is 1.79. The van der Waals surface area contributed by atoms with Gasteiger partial charge in [0, 0.05) is 37.4 Å². The number of aliphatic hydroxyl groups is 1. The van der Waals surface area contributed by atoms with Crippen LogP contribution in [0.5, 0.6) is 0 Å². The topological polar surface area (TPSA) is 43.8 Å². The SMILES string of the molecule is CN(C)c1ccc(C(=O)N2C3CCC2CC(O)C3)cc1. The van der Waals surface area contributed by atoms with Crippen molar-refractivity contribution in [3.8, 4) is 0 Å². The first-order chi connectivity index (χ1) is 9.56. The lowest BCUT2D eigenvalue weighted by molar-refractivity contribution is 0.0287. The molecule has 0 radical (unpaired) electrons. The molecule has 1 aromatic rings. The summed E-state index contributed by atoms with van der Waals surface area (Å²) in [6.07, 6.45) is 3.30. The minimum absolute atomic E-state index is 0.120. The first kappa shape index (κ1) is 13.4. The van der Waals surface area contributed by atoms with Crippen molar-refractivity contribution in [2.24, 2.45) is 0 Å². The second-order valence-corrected chi connectivity index (χ2v) is 6.16. The Labute approximate surface area is 120 Å². The van der Waals surface area contributed by atoms with Crippen molar-refractivity contribution in [1.82, 2.24) is 4.90 Å². The Morgan fingerprint density at radius 3 is 2.20 bits per heavy atom. The van der Waals surface area contributed by atoms with E-state index in [2.05, 4.69) is 0 Å². The van der Waals surface area contributed by atoms with Crippen LogP contribution in [0.2, 0.25) is 0 Å². The van der Waals surface area contributed by atoms with Crippen LogP contribution in [0.4, 0.5) is 5.69 Å². The van der Waals surface area contributed by atoms with Crippen molar-refractivity contribution >= 4 is 11.6 Å². The van der Waals surface area contributed by atoms with Gasteiger partial charge in [0.2, 0.25) is 0 Å². The summed E-state index contributed by atoms with van der Waals surface area (Å²) in [7, 11) is 3.98.